The Kier molecular flexibility index (Phi) is 3.85. The smallest absolute Gasteiger partial charge is 0.379 e. The minimum absolute atomic E-state index is 0.297. The molecule has 0 bridgehead atoms. The molecule has 0 aliphatic heterocycles. The van der Waals surface area contributed by atoms with Gasteiger partial charge in [0.15, 0.2) is 0 Å². The first-order valence-electron chi connectivity index (χ1n) is 4.54. The molecule has 0 heterocycles. The summed E-state index contributed by atoms with van der Waals surface area (Å²) in [7, 11) is 1.18. The molecule has 0 spiro atoms. The molecule has 0 unspecified atom stereocenters. The Morgan fingerprint density at radius 2 is 1.80 bits per heavy atom. The van der Waals surface area contributed by atoms with Gasteiger partial charge in [-0.3, -0.25) is 4.79 Å². The van der Waals surface area contributed by atoms with Gasteiger partial charge < -0.3 is 9.47 Å². The summed E-state index contributed by atoms with van der Waals surface area (Å²) in [5, 5.41) is 0. The zero-order valence-electron chi connectivity index (χ0n) is 8.65. The highest BCUT2D eigenvalue weighted by atomic mass is 16.5. The average molecular weight is 208 g/mol. The Labute approximate surface area is 87.8 Å². The predicted octanol–water partition coefficient (Wildman–Crippen LogP) is 1.44. The third kappa shape index (κ3) is 2.80. The number of ether oxygens (including phenoxy) is 2. The second kappa shape index (κ2) is 5.14. The normalized spacial score (nSPS) is 9.47. The molecule has 15 heavy (non-hydrogen) atoms. The summed E-state index contributed by atoms with van der Waals surface area (Å²) in [5.41, 5.74) is 0.297. The first-order chi connectivity index (χ1) is 7.19. The van der Waals surface area contributed by atoms with Crippen LogP contribution < -0.4 is 4.74 Å². The summed E-state index contributed by atoms with van der Waals surface area (Å²) < 4.78 is 9.52. The Morgan fingerprint density at radius 3 is 2.27 bits per heavy atom. The fourth-order valence-corrected chi connectivity index (χ4v) is 1.08. The van der Waals surface area contributed by atoms with Gasteiger partial charge in [-0.2, -0.15) is 0 Å². The van der Waals surface area contributed by atoms with E-state index in [1.165, 1.54) is 19.2 Å². The second-order valence-electron chi connectivity index (χ2n) is 2.78. The van der Waals surface area contributed by atoms with Crippen molar-refractivity contribution in [1.29, 1.82) is 0 Å². The third-order valence-electron chi connectivity index (χ3n) is 1.80. The van der Waals surface area contributed by atoms with E-state index in [0.717, 1.165) is 0 Å². The minimum Gasteiger partial charge on any atom is -0.494 e. The summed E-state index contributed by atoms with van der Waals surface area (Å²) in [6, 6.07) is 6.34. The maximum atomic E-state index is 11.3. The predicted molar refractivity (Wildman–Crippen MR) is 54.0 cm³/mol. The zero-order chi connectivity index (χ0) is 11.3. The molecule has 1 rings (SSSR count). The van der Waals surface area contributed by atoms with Crippen LogP contribution >= 0.6 is 0 Å². The third-order valence-corrected chi connectivity index (χ3v) is 1.80. The largest absolute Gasteiger partial charge is 0.494 e. The molecule has 0 aliphatic rings. The van der Waals surface area contributed by atoms with Crippen molar-refractivity contribution in [2.24, 2.45) is 0 Å². The highest BCUT2D eigenvalue weighted by Gasteiger charge is 2.15. The van der Waals surface area contributed by atoms with Crippen molar-refractivity contribution in [3.8, 4) is 5.75 Å². The van der Waals surface area contributed by atoms with E-state index in [9.17, 15) is 9.59 Å². The van der Waals surface area contributed by atoms with Gasteiger partial charge in [0, 0.05) is 5.56 Å². The van der Waals surface area contributed by atoms with Gasteiger partial charge in [-0.05, 0) is 31.2 Å². The van der Waals surface area contributed by atoms with E-state index >= 15 is 0 Å². The molecule has 0 saturated carbocycles. The quantitative estimate of drug-likeness (QED) is 0.427. The van der Waals surface area contributed by atoms with E-state index in [2.05, 4.69) is 4.74 Å². The molecule has 0 fully saturated rings. The van der Waals surface area contributed by atoms with Gasteiger partial charge in [-0.25, -0.2) is 4.79 Å². The number of benzene rings is 1. The lowest BCUT2D eigenvalue weighted by atomic mass is 10.1. The average Bonchev–Trinajstić information content (AvgIpc) is 2.28. The van der Waals surface area contributed by atoms with Crippen LogP contribution in [-0.2, 0) is 9.53 Å². The number of carbonyl (C=O) groups is 2. The van der Waals surface area contributed by atoms with Crippen molar-refractivity contribution in [2.45, 2.75) is 6.92 Å². The van der Waals surface area contributed by atoms with Gasteiger partial charge in [0.1, 0.15) is 5.75 Å². The zero-order valence-corrected chi connectivity index (χ0v) is 8.65. The number of esters is 1. The highest BCUT2D eigenvalue weighted by molar-refractivity contribution is 6.40. The van der Waals surface area contributed by atoms with Crippen LogP contribution in [0.15, 0.2) is 24.3 Å². The van der Waals surface area contributed by atoms with E-state index < -0.39 is 11.8 Å². The van der Waals surface area contributed by atoms with Gasteiger partial charge in [0.05, 0.1) is 13.7 Å². The van der Waals surface area contributed by atoms with Gasteiger partial charge in [0.25, 0.3) is 5.78 Å². The number of rotatable bonds is 4. The number of hydrogen-bond acceptors (Lipinski definition) is 4. The van der Waals surface area contributed by atoms with Crippen LogP contribution in [0.5, 0.6) is 5.75 Å². The number of methoxy groups -OCH3 is 1. The van der Waals surface area contributed by atoms with Gasteiger partial charge in [0.2, 0.25) is 0 Å². The molecule has 0 aromatic heterocycles. The molecule has 0 radical (unpaired) electrons. The van der Waals surface area contributed by atoms with Crippen molar-refractivity contribution in [1.82, 2.24) is 0 Å². The summed E-state index contributed by atoms with van der Waals surface area (Å²) in [6.45, 7) is 2.43. The number of Topliss-reactive ketones (excluding diaryl/α,β-unsaturated/α-hetero) is 1. The lowest BCUT2D eigenvalue weighted by Crippen LogP contribution is -2.15. The van der Waals surface area contributed by atoms with Crippen LogP contribution in [-0.4, -0.2) is 25.5 Å². The first-order valence-corrected chi connectivity index (χ1v) is 4.54. The summed E-state index contributed by atoms with van der Waals surface area (Å²) in [6.07, 6.45) is 0. The Bertz CT molecular complexity index is 353. The molecule has 4 nitrogen and oxygen atoms in total. The topological polar surface area (TPSA) is 52.6 Å². The molecule has 0 saturated heterocycles. The Morgan fingerprint density at radius 1 is 1.20 bits per heavy atom. The standard InChI is InChI=1S/C11H12O4/c1-3-15-9-6-4-8(5-7-9)10(12)11(13)14-2/h4-7H,3H2,1-2H3. The van der Waals surface area contributed by atoms with Gasteiger partial charge in [-0.1, -0.05) is 0 Å². The highest BCUT2D eigenvalue weighted by Crippen LogP contribution is 2.12. The van der Waals surface area contributed by atoms with E-state index in [4.69, 9.17) is 4.74 Å². The molecule has 1 aromatic rings. The van der Waals surface area contributed by atoms with Crippen molar-refractivity contribution < 1.29 is 19.1 Å². The van der Waals surface area contributed by atoms with Crippen LogP contribution in [0, 0.1) is 0 Å². The first kappa shape index (κ1) is 11.2. The maximum Gasteiger partial charge on any atom is 0.379 e. The molecular weight excluding hydrogens is 196 g/mol. The molecule has 0 aliphatic carbocycles. The summed E-state index contributed by atoms with van der Waals surface area (Å²) in [4.78, 5) is 22.2. The second-order valence-corrected chi connectivity index (χ2v) is 2.78. The van der Waals surface area contributed by atoms with E-state index in [0.29, 0.717) is 17.9 Å². The molecule has 0 N–H and O–H groups in total. The Balaban J connectivity index is 2.80. The molecule has 0 atom stereocenters. The molecular formula is C11H12O4. The van der Waals surface area contributed by atoms with E-state index in [-0.39, 0.29) is 0 Å². The van der Waals surface area contributed by atoms with Crippen molar-refractivity contribution in [2.75, 3.05) is 13.7 Å². The molecule has 0 amide bonds. The van der Waals surface area contributed by atoms with Crippen LogP contribution in [0.4, 0.5) is 0 Å². The number of carbonyl (C=O) groups excluding carboxylic acids is 2. The van der Waals surface area contributed by atoms with E-state index in [1.54, 1.807) is 12.1 Å². The van der Waals surface area contributed by atoms with Crippen molar-refractivity contribution in [3.63, 3.8) is 0 Å². The monoisotopic (exact) mass is 208 g/mol. The minimum atomic E-state index is -0.862. The molecule has 1 aromatic carbocycles. The van der Waals surface area contributed by atoms with Crippen LogP contribution in [0.1, 0.15) is 17.3 Å². The SMILES string of the molecule is CCOc1ccc(C(=O)C(=O)OC)cc1. The lowest BCUT2D eigenvalue weighted by molar-refractivity contribution is -0.135. The fraction of sp³-hybridized carbons (Fsp3) is 0.273. The van der Waals surface area contributed by atoms with Gasteiger partial charge in [-0.15, -0.1) is 0 Å². The lowest BCUT2D eigenvalue weighted by Gasteiger charge is -2.03. The summed E-state index contributed by atoms with van der Waals surface area (Å²) >= 11 is 0. The van der Waals surface area contributed by atoms with Crippen molar-refractivity contribution >= 4 is 11.8 Å². The van der Waals surface area contributed by atoms with Gasteiger partial charge >= 0.3 is 5.97 Å². The summed E-state index contributed by atoms with van der Waals surface area (Å²) in [5.74, 6) is -0.848. The maximum absolute atomic E-state index is 11.3. The van der Waals surface area contributed by atoms with Crippen LogP contribution in [0.25, 0.3) is 0 Å². The number of hydrogen-bond donors (Lipinski definition) is 0. The van der Waals surface area contributed by atoms with Crippen LogP contribution in [0.2, 0.25) is 0 Å². The Hall–Kier alpha value is -1.84. The van der Waals surface area contributed by atoms with Crippen LogP contribution in [0.3, 0.4) is 0 Å². The van der Waals surface area contributed by atoms with Crippen molar-refractivity contribution in [3.05, 3.63) is 29.8 Å². The van der Waals surface area contributed by atoms with E-state index in [1.807, 2.05) is 6.92 Å². The fourth-order valence-electron chi connectivity index (χ4n) is 1.08. The molecule has 4 heteroatoms. The number of ketones is 1. The molecule has 80 valence electrons.